The molecule has 2 fully saturated rings. The molecule has 1 amide bonds. The zero-order valence-electron chi connectivity index (χ0n) is 15.7. The molecule has 1 aromatic rings. The van der Waals surface area contributed by atoms with Crippen molar-refractivity contribution in [1.29, 1.82) is 0 Å². The minimum Gasteiger partial charge on any atom is -0.362 e. The lowest BCUT2D eigenvalue weighted by atomic mass is 9.95. The number of fused-ring (bicyclic) bond motifs is 1. The highest BCUT2D eigenvalue weighted by Gasteiger charge is 2.35. The molecule has 9 heteroatoms. The van der Waals surface area contributed by atoms with Gasteiger partial charge in [-0.15, -0.1) is 0 Å². The molecule has 0 spiro atoms. The van der Waals surface area contributed by atoms with Crippen molar-refractivity contribution in [1.82, 2.24) is 24.7 Å². The summed E-state index contributed by atoms with van der Waals surface area (Å²) < 4.78 is 13.0. The molecular weight excluding hydrogens is 349 g/mol. The van der Waals surface area contributed by atoms with Gasteiger partial charge in [-0.1, -0.05) is 0 Å². The molecule has 27 heavy (non-hydrogen) atoms. The van der Waals surface area contributed by atoms with Crippen LogP contribution in [0.15, 0.2) is 22.4 Å². The average Bonchev–Trinajstić information content (AvgIpc) is 2.69. The average molecular weight is 373 g/mol. The Morgan fingerprint density at radius 1 is 1.11 bits per heavy atom. The third-order valence-electron chi connectivity index (χ3n) is 5.57. The lowest BCUT2D eigenvalue weighted by molar-refractivity contribution is -0.120. The number of guanidine groups is 1. The molecule has 2 atom stereocenters. The molecule has 0 N–H and O–H groups in total. The van der Waals surface area contributed by atoms with Crippen LogP contribution in [0.25, 0.3) is 0 Å². The van der Waals surface area contributed by atoms with E-state index in [4.69, 9.17) is 4.99 Å². The van der Waals surface area contributed by atoms with E-state index in [1.807, 2.05) is 14.0 Å². The van der Waals surface area contributed by atoms with E-state index in [9.17, 15) is 9.18 Å². The molecule has 4 heterocycles. The number of hydrogen-bond acceptors (Lipinski definition) is 7. The van der Waals surface area contributed by atoms with Gasteiger partial charge in [0.05, 0.1) is 24.4 Å². The monoisotopic (exact) mass is 373 g/mol. The van der Waals surface area contributed by atoms with Crippen molar-refractivity contribution in [3.05, 3.63) is 24.0 Å². The van der Waals surface area contributed by atoms with Gasteiger partial charge in [-0.25, -0.2) is 14.4 Å². The number of carbonyl (C=O) groups excluding carboxylic acids is 1. The highest BCUT2D eigenvalue weighted by molar-refractivity contribution is 6.14. The normalized spacial score (nSPS) is 25.0. The summed E-state index contributed by atoms with van der Waals surface area (Å²) in [7, 11) is 1.99. The number of hydrogen-bond donors (Lipinski definition) is 0. The van der Waals surface area contributed by atoms with Gasteiger partial charge in [0.15, 0.2) is 5.82 Å². The number of nitrogens with zero attached hydrogens (tertiary/aromatic N) is 7. The molecular formula is C18H24FN7O. The van der Waals surface area contributed by atoms with Crippen molar-refractivity contribution in [2.45, 2.75) is 25.8 Å². The predicted molar refractivity (Wildman–Crippen MR) is 98.8 cm³/mol. The number of rotatable bonds is 2. The Morgan fingerprint density at radius 3 is 2.52 bits per heavy atom. The summed E-state index contributed by atoms with van der Waals surface area (Å²) in [5.41, 5.74) is 0. The first-order valence-electron chi connectivity index (χ1n) is 9.41. The van der Waals surface area contributed by atoms with Gasteiger partial charge in [0, 0.05) is 39.8 Å². The minimum absolute atomic E-state index is 0.00264. The summed E-state index contributed by atoms with van der Waals surface area (Å²) in [5.74, 6) is 1.32. The fourth-order valence-corrected chi connectivity index (χ4v) is 3.90. The Labute approximate surface area is 157 Å². The summed E-state index contributed by atoms with van der Waals surface area (Å²) in [6.45, 7) is 5.95. The van der Waals surface area contributed by atoms with E-state index in [2.05, 4.69) is 29.7 Å². The SMILES string of the molecule is CC(c1ncc(F)cn1)N1CCN(C2=NC(=O)C3CCCN(C)C3=N2)CC1. The van der Waals surface area contributed by atoms with E-state index in [1.165, 1.54) is 12.4 Å². The molecule has 144 valence electrons. The molecule has 1 aromatic heterocycles. The van der Waals surface area contributed by atoms with E-state index in [1.54, 1.807) is 0 Å². The Balaban J connectivity index is 1.42. The summed E-state index contributed by atoms with van der Waals surface area (Å²) in [6.07, 6.45) is 4.23. The lowest BCUT2D eigenvalue weighted by Gasteiger charge is -2.39. The third kappa shape index (κ3) is 3.55. The Morgan fingerprint density at radius 2 is 1.81 bits per heavy atom. The zero-order valence-corrected chi connectivity index (χ0v) is 15.7. The fraction of sp³-hybridized carbons (Fsp3) is 0.611. The van der Waals surface area contributed by atoms with Crippen LogP contribution < -0.4 is 0 Å². The number of amidine groups is 1. The predicted octanol–water partition coefficient (Wildman–Crippen LogP) is 0.931. The molecule has 0 radical (unpaired) electrons. The molecule has 3 aliphatic rings. The topological polar surface area (TPSA) is 77.3 Å². The molecule has 8 nitrogen and oxygen atoms in total. The van der Waals surface area contributed by atoms with Gasteiger partial charge >= 0.3 is 0 Å². The summed E-state index contributed by atoms with van der Waals surface area (Å²) in [5, 5.41) is 0. The number of piperazine rings is 1. The van der Waals surface area contributed by atoms with Crippen molar-refractivity contribution in [3.63, 3.8) is 0 Å². The number of carbonyl (C=O) groups is 1. The summed E-state index contributed by atoms with van der Waals surface area (Å²) in [4.78, 5) is 36.0. The molecule has 3 aliphatic heterocycles. The maximum absolute atomic E-state index is 13.0. The molecule has 0 saturated carbocycles. The molecule has 0 aliphatic carbocycles. The van der Waals surface area contributed by atoms with Gasteiger partial charge in [-0.05, 0) is 19.8 Å². The second-order valence-corrected chi connectivity index (χ2v) is 7.29. The van der Waals surface area contributed by atoms with Crippen molar-refractivity contribution in [2.24, 2.45) is 15.9 Å². The largest absolute Gasteiger partial charge is 0.362 e. The van der Waals surface area contributed by atoms with Crippen LogP contribution >= 0.6 is 0 Å². The quantitative estimate of drug-likeness (QED) is 0.768. The van der Waals surface area contributed by atoms with E-state index in [0.717, 1.165) is 51.4 Å². The molecule has 4 rings (SSSR count). The smallest absolute Gasteiger partial charge is 0.259 e. The van der Waals surface area contributed by atoms with Gasteiger partial charge in [0.2, 0.25) is 5.96 Å². The first-order chi connectivity index (χ1) is 13.0. The van der Waals surface area contributed by atoms with Crippen LogP contribution in [0.4, 0.5) is 4.39 Å². The lowest BCUT2D eigenvalue weighted by Crippen LogP contribution is -2.52. The Kier molecular flexibility index (Phi) is 4.86. The van der Waals surface area contributed by atoms with E-state index in [-0.39, 0.29) is 17.9 Å². The summed E-state index contributed by atoms with van der Waals surface area (Å²) in [6, 6.07) is 0.00264. The minimum atomic E-state index is -0.430. The molecule has 0 aromatic carbocycles. The third-order valence-corrected chi connectivity index (χ3v) is 5.57. The van der Waals surface area contributed by atoms with Crippen molar-refractivity contribution in [2.75, 3.05) is 39.8 Å². The van der Waals surface area contributed by atoms with E-state index >= 15 is 0 Å². The number of halogens is 1. The van der Waals surface area contributed by atoms with Crippen molar-refractivity contribution < 1.29 is 9.18 Å². The van der Waals surface area contributed by atoms with Crippen LogP contribution in [0.2, 0.25) is 0 Å². The molecule has 2 unspecified atom stereocenters. The van der Waals surface area contributed by atoms with E-state index in [0.29, 0.717) is 11.8 Å². The Hall–Kier alpha value is -2.42. The first kappa shape index (κ1) is 18.0. The van der Waals surface area contributed by atoms with Gasteiger partial charge < -0.3 is 9.80 Å². The second-order valence-electron chi connectivity index (χ2n) is 7.29. The zero-order chi connectivity index (χ0) is 19.0. The van der Waals surface area contributed by atoms with Crippen LogP contribution in [0.1, 0.15) is 31.6 Å². The molecule has 0 bridgehead atoms. The maximum Gasteiger partial charge on any atom is 0.259 e. The van der Waals surface area contributed by atoms with E-state index < -0.39 is 5.82 Å². The highest BCUT2D eigenvalue weighted by atomic mass is 19.1. The van der Waals surface area contributed by atoms with Crippen LogP contribution in [0.3, 0.4) is 0 Å². The van der Waals surface area contributed by atoms with Crippen LogP contribution in [0, 0.1) is 11.7 Å². The Bertz CT molecular complexity index is 770. The van der Waals surface area contributed by atoms with Crippen LogP contribution in [-0.2, 0) is 4.79 Å². The molecule has 2 saturated heterocycles. The number of piperidine rings is 1. The van der Waals surface area contributed by atoms with Gasteiger partial charge in [-0.2, -0.15) is 9.98 Å². The second kappa shape index (κ2) is 7.30. The maximum atomic E-state index is 13.0. The van der Waals surface area contributed by atoms with Gasteiger partial charge in [0.1, 0.15) is 11.7 Å². The van der Waals surface area contributed by atoms with Crippen molar-refractivity contribution in [3.8, 4) is 0 Å². The summed E-state index contributed by atoms with van der Waals surface area (Å²) >= 11 is 0. The fourth-order valence-electron chi connectivity index (χ4n) is 3.90. The number of aliphatic imine (C=N–C) groups is 2. The number of aromatic nitrogens is 2. The van der Waals surface area contributed by atoms with Crippen molar-refractivity contribution >= 4 is 17.7 Å². The first-order valence-corrected chi connectivity index (χ1v) is 9.41. The van der Waals surface area contributed by atoms with Gasteiger partial charge in [0.25, 0.3) is 5.91 Å². The van der Waals surface area contributed by atoms with Gasteiger partial charge in [-0.3, -0.25) is 9.69 Å². The van der Waals surface area contributed by atoms with Crippen LogP contribution in [-0.4, -0.2) is 82.1 Å². The van der Waals surface area contributed by atoms with Crippen LogP contribution in [0.5, 0.6) is 0 Å². The number of amides is 1. The standard InChI is InChI=1S/C18H24FN7O/c1-12(15-20-10-13(19)11-21-15)25-6-8-26(9-7-25)18-22-16-14(17(27)23-18)4-3-5-24(16)2/h10-12,14H,3-9H2,1-2H3. The number of likely N-dealkylation sites (tertiary alicyclic amines) is 1. The highest BCUT2D eigenvalue weighted by Crippen LogP contribution is 2.24.